The topological polar surface area (TPSA) is 70.9 Å². The summed E-state index contributed by atoms with van der Waals surface area (Å²) < 4.78 is 1.82. The van der Waals surface area contributed by atoms with Gasteiger partial charge in [-0.15, -0.1) is 0 Å². The van der Waals surface area contributed by atoms with Crippen molar-refractivity contribution in [3.8, 4) is 0 Å². The third kappa shape index (κ3) is 1.78. The molecule has 0 radical (unpaired) electrons. The summed E-state index contributed by atoms with van der Waals surface area (Å²) in [5, 5.41) is 7.53. The van der Waals surface area contributed by atoms with E-state index in [1.165, 1.54) is 0 Å². The third-order valence-electron chi connectivity index (χ3n) is 3.19. The van der Waals surface area contributed by atoms with E-state index in [-0.39, 0.29) is 0 Å². The molecule has 0 fully saturated rings. The predicted octanol–water partition coefficient (Wildman–Crippen LogP) is 2.22. The molecule has 3 aromatic heterocycles. The predicted molar refractivity (Wildman–Crippen MR) is 76.4 cm³/mol. The van der Waals surface area contributed by atoms with Crippen LogP contribution in [0.4, 0.5) is 5.95 Å². The number of para-hydroxylation sites is 2. The van der Waals surface area contributed by atoms with Crippen LogP contribution in [0.25, 0.3) is 16.7 Å². The van der Waals surface area contributed by atoms with Gasteiger partial charge in [-0.25, -0.2) is 14.5 Å². The first kappa shape index (κ1) is 11.0. The lowest BCUT2D eigenvalue weighted by atomic mass is 10.3. The van der Waals surface area contributed by atoms with Crippen molar-refractivity contribution in [3.05, 3.63) is 54.5 Å². The van der Waals surface area contributed by atoms with Gasteiger partial charge in [-0.3, -0.25) is 0 Å². The number of H-pyrrole nitrogens is 1. The minimum absolute atomic E-state index is 0.626. The maximum atomic E-state index is 4.48. The summed E-state index contributed by atoms with van der Waals surface area (Å²) in [6.07, 6.45) is 3.53. The maximum absolute atomic E-state index is 4.48. The molecular formula is C14H12N6. The smallest absolute Gasteiger partial charge is 0.201 e. The highest BCUT2D eigenvalue weighted by Gasteiger charge is 2.04. The van der Waals surface area contributed by atoms with Crippen molar-refractivity contribution in [2.45, 2.75) is 6.54 Å². The van der Waals surface area contributed by atoms with Crippen LogP contribution in [-0.4, -0.2) is 24.6 Å². The minimum atomic E-state index is 0.626. The number of imidazole rings is 1. The van der Waals surface area contributed by atoms with Crippen LogP contribution in [0.2, 0.25) is 0 Å². The van der Waals surface area contributed by atoms with E-state index in [0.717, 1.165) is 28.3 Å². The fraction of sp³-hybridized carbons (Fsp3) is 0.0714. The molecule has 3 heterocycles. The summed E-state index contributed by atoms with van der Waals surface area (Å²) in [7, 11) is 0. The fourth-order valence-corrected chi connectivity index (χ4v) is 2.23. The number of benzene rings is 1. The van der Waals surface area contributed by atoms with Crippen molar-refractivity contribution in [2.75, 3.05) is 5.32 Å². The lowest BCUT2D eigenvalue weighted by Gasteiger charge is -2.05. The van der Waals surface area contributed by atoms with Crippen LogP contribution in [0.1, 0.15) is 5.69 Å². The maximum Gasteiger partial charge on any atom is 0.201 e. The molecule has 0 aliphatic heterocycles. The molecule has 0 unspecified atom stereocenters. The van der Waals surface area contributed by atoms with E-state index in [9.17, 15) is 0 Å². The van der Waals surface area contributed by atoms with Crippen LogP contribution in [0.3, 0.4) is 0 Å². The molecule has 0 saturated carbocycles. The first-order chi connectivity index (χ1) is 9.90. The van der Waals surface area contributed by atoms with E-state index in [4.69, 9.17) is 0 Å². The standard InChI is InChI=1S/C14H12N6/c1-2-4-12-11(3-1)18-14(19-12)16-9-10-5-7-15-13-6-8-17-20(10)13/h1-8H,9H2,(H2,16,18,19). The average Bonchev–Trinajstić information content (AvgIpc) is 3.11. The number of fused-ring (bicyclic) bond motifs is 2. The largest absolute Gasteiger partial charge is 0.350 e. The Balaban J connectivity index is 1.62. The van der Waals surface area contributed by atoms with Crippen molar-refractivity contribution in [1.82, 2.24) is 24.6 Å². The molecule has 0 aliphatic rings. The molecule has 0 saturated heterocycles. The fourth-order valence-electron chi connectivity index (χ4n) is 2.23. The van der Waals surface area contributed by atoms with Crippen LogP contribution in [-0.2, 0) is 6.54 Å². The summed E-state index contributed by atoms with van der Waals surface area (Å²) in [5.41, 5.74) is 3.84. The quantitative estimate of drug-likeness (QED) is 0.595. The minimum Gasteiger partial charge on any atom is -0.350 e. The van der Waals surface area contributed by atoms with Crippen molar-refractivity contribution < 1.29 is 0 Å². The van der Waals surface area contributed by atoms with Crippen LogP contribution in [0.5, 0.6) is 0 Å². The second-order valence-corrected chi connectivity index (χ2v) is 4.49. The van der Waals surface area contributed by atoms with E-state index in [0.29, 0.717) is 6.54 Å². The summed E-state index contributed by atoms with van der Waals surface area (Å²) in [4.78, 5) is 12.0. The van der Waals surface area contributed by atoms with E-state index >= 15 is 0 Å². The van der Waals surface area contributed by atoms with Crippen LogP contribution < -0.4 is 5.32 Å². The molecule has 0 aliphatic carbocycles. The van der Waals surface area contributed by atoms with Crippen LogP contribution >= 0.6 is 0 Å². The zero-order chi connectivity index (χ0) is 13.4. The lowest BCUT2D eigenvalue weighted by molar-refractivity contribution is 0.850. The summed E-state index contributed by atoms with van der Waals surface area (Å²) in [6.45, 7) is 0.626. The SMILES string of the molecule is c1ccc2[nH]c(NCc3ccnc4ccnn34)nc2c1. The Morgan fingerprint density at radius 1 is 1.10 bits per heavy atom. The lowest BCUT2D eigenvalue weighted by Crippen LogP contribution is -2.07. The Hall–Kier alpha value is -2.89. The van der Waals surface area contributed by atoms with Crippen molar-refractivity contribution in [3.63, 3.8) is 0 Å². The van der Waals surface area contributed by atoms with E-state index in [1.807, 2.05) is 40.9 Å². The van der Waals surface area contributed by atoms with Gasteiger partial charge >= 0.3 is 0 Å². The first-order valence-corrected chi connectivity index (χ1v) is 6.36. The monoisotopic (exact) mass is 264 g/mol. The molecule has 6 nitrogen and oxygen atoms in total. The number of aromatic amines is 1. The Labute approximate surface area is 114 Å². The molecule has 4 rings (SSSR count). The molecule has 0 spiro atoms. The zero-order valence-corrected chi connectivity index (χ0v) is 10.6. The average molecular weight is 264 g/mol. The highest BCUT2D eigenvalue weighted by Crippen LogP contribution is 2.14. The van der Waals surface area contributed by atoms with Gasteiger partial charge in [-0.1, -0.05) is 12.1 Å². The Bertz CT molecular complexity index is 842. The van der Waals surface area contributed by atoms with Crippen molar-refractivity contribution >= 4 is 22.6 Å². The van der Waals surface area contributed by atoms with E-state index in [2.05, 4.69) is 25.4 Å². The van der Waals surface area contributed by atoms with Gasteiger partial charge in [0.25, 0.3) is 0 Å². The van der Waals surface area contributed by atoms with Crippen molar-refractivity contribution in [2.24, 2.45) is 0 Å². The van der Waals surface area contributed by atoms with Crippen molar-refractivity contribution in [1.29, 1.82) is 0 Å². The summed E-state index contributed by atoms with van der Waals surface area (Å²) in [5.74, 6) is 0.753. The van der Waals surface area contributed by atoms with E-state index in [1.54, 1.807) is 12.4 Å². The molecule has 0 amide bonds. The van der Waals surface area contributed by atoms with Crippen LogP contribution in [0, 0.1) is 0 Å². The molecule has 98 valence electrons. The third-order valence-corrected chi connectivity index (χ3v) is 3.19. The Morgan fingerprint density at radius 2 is 2.05 bits per heavy atom. The summed E-state index contributed by atoms with van der Waals surface area (Å²) in [6, 6.07) is 11.8. The van der Waals surface area contributed by atoms with Crippen LogP contribution in [0.15, 0.2) is 48.8 Å². The number of nitrogens with one attached hydrogen (secondary N) is 2. The molecule has 1 aromatic carbocycles. The normalized spacial score (nSPS) is 11.2. The molecule has 2 N–H and O–H groups in total. The molecule has 4 aromatic rings. The van der Waals surface area contributed by atoms with Gasteiger partial charge in [0, 0.05) is 12.3 Å². The van der Waals surface area contributed by atoms with E-state index < -0.39 is 0 Å². The van der Waals surface area contributed by atoms with Gasteiger partial charge in [-0.2, -0.15) is 5.10 Å². The summed E-state index contributed by atoms with van der Waals surface area (Å²) >= 11 is 0. The van der Waals surface area contributed by atoms with Gasteiger partial charge in [0.05, 0.1) is 29.5 Å². The highest BCUT2D eigenvalue weighted by atomic mass is 15.3. The number of rotatable bonds is 3. The van der Waals surface area contributed by atoms with Gasteiger partial charge in [-0.05, 0) is 18.2 Å². The zero-order valence-electron chi connectivity index (χ0n) is 10.6. The number of hydrogen-bond acceptors (Lipinski definition) is 4. The molecule has 6 heteroatoms. The molecular weight excluding hydrogens is 252 g/mol. The van der Waals surface area contributed by atoms with Gasteiger partial charge < -0.3 is 10.3 Å². The number of aromatic nitrogens is 5. The highest BCUT2D eigenvalue weighted by molar-refractivity contribution is 5.77. The number of hydrogen-bond donors (Lipinski definition) is 2. The van der Waals surface area contributed by atoms with Gasteiger partial charge in [0.2, 0.25) is 5.95 Å². The number of nitrogens with zero attached hydrogens (tertiary/aromatic N) is 4. The second kappa shape index (κ2) is 4.34. The van der Waals surface area contributed by atoms with Gasteiger partial charge in [0.15, 0.2) is 5.65 Å². The first-order valence-electron chi connectivity index (χ1n) is 6.36. The Kier molecular flexibility index (Phi) is 2.38. The molecule has 0 bridgehead atoms. The van der Waals surface area contributed by atoms with Gasteiger partial charge in [0.1, 0.15) is 0 Å². The number of anilines is 1. The molecule has 0 atom stereocenters. The molecule has 20 heavy (non-hydrogen) atoms. The Morgan fingerprint density at radius 3 is 3.00 bits per heavy atom. The second-order valence-electron chi connectivity index (χ2n) is 4.49.